The fourth-order valence-electron chi connectivity index (χ4n) is 4.89. The molecule has 0 spiro atoms. The summed E-state index contributed by atoms with van der Waals surface area (Å²) in [6.07, 6.45) is 1.86. The van der Waals surface area contributed by atoms with E-state index in [2.05, 4.69) is 25.8 Å². The van der Waals surface area contributed by atoms with E-state index in [1.165, 1.54) is 6.20 Å². The number of ether oxygens (including phenoxy) is 3. The Bertz CT molecular complexity index is 1720. The summed E-state index contributed by atoms with van der Waals surface area (Å²) in [5.74, 6) is -1.53. The van der Waals surface area contributed by atoms with Gasteiger partial charge in [0.15, 0.2) is 0 Å². The van der Waals surface area contributed by atoms with Crippen LogP contribution in [0.4, 0.5) is 10.5 Å². The number of nitrogens with one attached hydrogen (secondary N) is 2. The Balaban J connectivity index is 1.29. The molecule has 1 unspecified atom stereocenters. The summed E-state index contributed by atoms with van der Waals surface area (Å²) in [7, 11) is 0. The molecule has 1 fully saturated rings. The lowest BCUT2D eigenvalue weighted by molar-refractivity contribution is -0.122. The molecule has 0 bridgehead atoms. The summed E-state index contributed by atoms with van der Waals surface area (Å²) in [6, 6.07) is 16.8. The highest BCUT2D eigenvalue weighted by atomic mass is 16.5. The Hall–Kier alpha value is -5.21. The van der Waals surface area contributed by atoms with E-state index in [-0.39, 0.29) is 48.5 Å². The van der Waals surface area contributed by atoms with Gasteiger partial charge < -0.3 is 23.9 Å². The van der Waals surface area contributed by atoms with Crippen LogP contribution in [0, 0.1) is 5.92 Å². The zero-order valence-corrected chi connectivity index (χ0v) is 26.1. The fourth-order valence-corrected chi connectivity index (χ4v) is 4.89. The zero-order valence-electron chi connectivity index (χ0n) is 26.1. The smallest absolute Gasteiger partial charge is 0.412 e. The summed E-state index contributed by atoms with van der Waals surface area (Å²) in [5, 5.41) is 12.9. The lowest BCUT2D eigenvalue weighted by atomic mass is 9.99. The largest absolute Gasteiger partial charge is 0.444 e. The Morgan fingerprint density at radius 3 is 2.38 bits per heavy atom. The average molecular weight is 645 g/mol. The maximum absolute atomic E-state index is 13.6. The van der Waals surface area contributed by atoms with Gasteiger partial charge in [0.1, 0.15) is 31.3 Å². The number of carbonyl (C=O) groups excluding carboxylic acids is 3. The number of anilines is 1. The van der Waals surface area contributed by atoms with E-state index in [0.29, 0.717) is 18.8 Å². The topological polar surface area (TPSA) is 177 Å². The van der Waals surface area contributed by atoms with Crippen molar-refractivity contribution >= 4 is 23.5 Å². The molecular formula is C33H36N6O8. The van der Waals surface area contributed by atoms with Gasteiger partial charge in [-0.15, -0.1) is 10.2 Å². The van der Waals surface area contributed by atoms with Gasteiger partial charge in [-0.05, 0) is 24.3 Å². The first-order valence-electron chi connectivity index (χ1n) is 15.3. The Morgan fingerprint density at radius 2 is 1.68 bits per heavy atom. The van der Waals surface area contributed by atoms with Gasteiger partial charge in [0.2, 0.25) is 17.6 Å². The second-order valence-corrected chi connectivity index (χ2v) is 11.2. The molecule has 246 valence electrons. The number of hydrogen-bond acceptors (Lipinski definition) is 11. The average Bonchev–Trinajstić information content (AvgIpc) is 3.57. The van der Waals surface area contributed by atoms with Crippen LogP contribution in [0.15, 0.2) is 76.1 Å². The van der Waals surface area contributed by atoms with Crippen molar-refractivity contribution in [3.63, 3.8) is 0 Å². The molecule has 5 rings (SSSR count). The molecule has 0 aliphatic carbocycles. The molecule has 2 aromatic heterocycles. The van der Waals surface area contributed by atoms with Crippen molar-refractivity contribution in [1.82, 2.24) is 25.1 Å². The molecule has 1 saturated heterocycles. The predicted octanol–water partition coefficient (Wildman–Crippen LogP) is 3.76. The van der Waals surface area contributed by atoms with E-state index in [1.807, 2.05) is 18.2 Å². The summed E-state index contributed by atoms with van der Waals surface area (Å²) in [6.45, 7) is 4.28. The molecular weight excluding hydrogens is 608 g/mol. The van der Waals surface area contributed by atoms with Gasteiger partial charge in [-0.2, -0.15) is 0 Å². The minimum atomic E-state index is -1.04. The van der Waals surface area contributed by atoms with Gasteiger partial charge in [0, 0.05) is 18.8 Å². The van der Waals surface area contributed by atoms with Crippen LogP contribution in [0.1, 0.15) is 48.8 Å². The molecule has 2 N–H and O–H groups in total. The van der Waals surface area contributed by atoms with Gasteiger partial charge in [0.05, 0.1) is 18.3 Å². The monoisotopic (exact) mass is 644 g/mol. The van der Waals surface area contributed by atoms with E-state index in [0.717, 1.165) is 23.0 Å². The van der Waals surface area contributed by atoms with Crippen LogP contribution in [-0.2, 0) is 38.8 Å². The first kappa shape index (κ1) is 33.2. The minimum Gasteiger partial charge on any atom is -0.444 e. The van der Waals surface area contributed by atoms with Gasteiger partial charge >= 0.3 is 6.09 Å². The minimum absolute atomic E-state index is 0.00446. The van der Waals surface area contributed by atoms with Crippen LogP contribution in [0.2, 0.25) is 0 Å². The molecule has 1 aliphatic rings. The predicted molar refractivity (Wildman–Crippen MR) is 168 cm³/mol. The van der Waals surface area contributed by atoms with E-state index in [9.17, 15) is 19.2 Å². The second-order valence-electron chi connectivity index (χ2n) is 11.2. The van der Waals surface area contributed by atoms with Gasteiger partial charge in [-0.1, -0.05) is 74.5 Å². The van der Waals surface area contributed by atoms with Gasteiger partial charge in [-0.25, -0.2) is 9.78 Å². The Morgan fingerprint density at radius 1 is 0.979 bits per heavy atom. The van der Waals surface area contributed by atoms with Gasteiger partial charge in [0.25, 0.3) is 11.4 Å². The standard InChI is InChI=1S/C33H36N6O8/c1-21(2)28(29(41)31-38-37-27(47-31)20-45-24-13-15-44-16-14-24)36-26(40)18-39-30(23-11-7-4-8-12-23)34-17-25(32(39)42)35-33(43)46-19-22-9-5-3-6-10-22/h3-12,17,21,24,28H,13-16,18-20H2,1-2H3,(H,35,43)(H,36,40). The number of ketones is 1. The number of rotatable bonds is 13. The summed E-state index contributed by atoms with van der Waals surface area (Å²) in [4.78, 5) is 57.3. The van der Waals surface area contributed by atoms with Crippen LogP contribution in [0.3, 0.4) is 0 Å². The van der Waals surface area contributed by atoms with Crippen molar-refractivity contribution in [3.8, 4) is 11.4 Å². The second kappa shape index (κ2) is 15.9. The summed E-state index contributed by atoms with van der Waals surface area (Å²) >= 11 is 0. The summed E-state index contributed by atoms with van der Waals surface area (Å²) < 4.78 is 23.1. The van der Waals surface area contributed by atoms with Crippen molar-refractivity contribution in [2.45, 2.75) is 58.6 Å². The first-order chi connectivity index (χ1) is 22.8. The third kappa shape index (κ3) is 8.95. The Kier molecular flexibility index (Phi) is 11.2. The quantitative estimate of drug-likeness (QED) is 0.203. The third-order valence-electron chi connectivity index (χ3n) is 7.38. The fraction of sp³-hybridized carbons (Fsp3) is 0.364. The van der Waals surface area contributed by atoms with Crippen molar-refractivity contribution in [1.29, 1.82) is 0 Å². The number of Topliss-reactive ketones (excluding diaryl/α,β-unsaturated/α-hetero) is 1. The maximum atomic E-state index is 13.6. The SMILES string of the molecule is CC(C)C(NC(=O)Cn1c(-c2ccccc2)ncc(NC(=O)OCc2ccccc2)c1=O)C(=O)c1nnc(COC2CCOCC2)o1. The molecule has 14 heteroatoms. The van der Waals surface area contributed by atoms with E-state index >= 15 is 0 Å². The number of carbonyl (C=O) groups is 3. The van der Waals surface area contributed by atoms with Crippen LogP contribution in [0.5, 0.6) is 0 Å². The van der Waals surface area contributed by atoms with Crippen LogP contribution in [-0.4, -0.2) is 62.9 Å². The number of amides is 2. The number of benzene rings is 2. The number of nitrogens with zero attached hydrogens (tertiary/aromatic N) is 4. The molecule has 0 saturated carbocycles. The highest BCUT2D eigenvalue weighted by Crippen LogP contribution is 2.18. The van der Waals surface area contributed by atoms with Crippen LogP contribution < -0.4 is 16.2 Å². The number of aromatic nitrogens is 4. The normalized spacial score (nSPS) is 14.0. The Labute approximate surface area is 270 Å². The van der Waals surface area contributed by atoms with E-state index in [4.69, 9.17) is 18.6 Å². The van der Waals surface area contributed by atoms with Crippen molar-refractivity contribution in [2.75, 3.05) is 18.5 Å². The highest BCUT2D eigenvalue weighted by molar-refractivity contribution is 5.98. The molecule has 1 atom stereocenters. The molecule has 0 radical (unpaired) electrons. The summed E-state index contributed by atoms with van der Waals surface area (Å²) in [5.41, 5.74) is 0.453. The maximum Gasteiger partial charge on any atom is 0.412 e. The third-order valence-corrected chi connectivity index (χ3v) is 7.38. The lowest BCUT2D eigenvalue weighted by Crippen LogP contribution is -2.46. The van der Waals surface area contributed by atoms with Crippen molar-refractivity contribution < 1.29 is 33.0 Å². The molecule has 47 heavy (non-hydrogen) atoms. The van der Waals surface area contributed by atoms with E-state index in [1.54, 1.807) is 56.3 Å². The van der Waals surface area contributed by atoms with Crippen LogP contribution >= 0.6 is 0 Å². The van der Waals surface area contributed by atoms with Crippen molar-refractivity contribution in [3.05, 3.63) is 94.6 Å². The number of hydrogen-bond donors (Lipinski definition) is 2. The zero-order chi connectivity index (χ0) is 33.2. The lowest BCUT2D eigenvalue weighted by Gasteiger charge is -2.21. The molecule has 2 amide bonds. The molecule has 1 aliphatic heterocycles. The molecule has 14 nitrogen and oxygen atoms in total. The molecule has 3 heterocycles. The molecule has 2 aromatic carbocycles. The molecule has 4 aromatic rings. The van der Waals surface area contributed by atoms with Gasteiger partial charge in [-0.3, -0.25) is 24.3 Å². The highest BCUT2D eigenvalue weighted by Gasteiger charge is 2.30. The first-order valence-corrected chi connectivity index (χ1v) is 15.3. The van der Waals surface area contributed by atoms with E-state index < -0.39 is 35.9 Å². The van der Waals surface area contributed by atoms with Crippen molar-refractivity contribution in [2.24, 2.45) is 5.92 Å². The van der Waals surface area contributed by atoms with Crippen LogP contribution in [0.25, 0.3) is 11.4 Å².